The molecule has 2 aromatic carbocycles. The molecule has 1 heterocycles. The van der Waals surface area contributed by atoms with Gasteiger partial charge in [-0.3, -0.25) is 14.9 Å². The first-order valence-electron chi connectivity index (χ1n) is 8.83. The number of ether oxygens (including phenoxy) is 1. The lowest BCUT2D eigenvalue weighted by Gasteiger charge is -2.26. The number of allylic oxidation sites excluding steroid dienone is 1. The van der Waals surface area contributed by atoms with E-state index in [9.17, 15) is 19.7 Å². The van der Waals surface area contributed by atoms with Crippen molar-refractivity contribution < 1.29 is 19.2 Å². The zero-order valence-electron chi connectivity index (χ0n) is 15.6. The van der Waals surface area contributed by atoms with E-state index in [2.05, 4.69) is 5.32 Å². The summed E-state index contributed by atoms with van der Waals surface area (Å²) in [5.74, 6) is -1.39. The van der Waals surface area contributed by atoms with E-state index >= 15 is 0 Å². The van der Waals surface area contributed by atoms with E-state index in [-0.39, 0.29) is 24.6 Å². The van der Waals surface area contributed by atoms with Crippen LogP contribution in [-0.4, -0.2) is 16.8 Å². The predicted molar refractivity (Wildman–Crippen MR) is 102 cm³/mol. The zero-order valence-corrected chi connectivity index (χ0v) is 15.6. The van der Waals surface area contributed by atoms with Crippen LogP contribution in [0.5, 0.6) is 0 Å². The molecule has 144 valence electrons. The molecule has 0 saturated carbocycles. The first kappa shape index (κ1) is 19.3. The van der Waals surface area contributed by atoms with Crippen molar-refractivity contribution in [3.8, 4) is 0 Å². The molecule has 1 atom stereocenters. The van der Waals surface area contributed by atoms with Gasteiger partial charge in [-0.1, -0.05) is 42.0 Å². The summed E-state index contributed by atoms with van der Waals surface area (Å²) in [6.45, 7) is 3.70. The van der Waals surface area contributed by atoms with Crippen LogP contribution in [0.3, 0.4) is 0 Å². The fraction of sp³-hybridized carbons (Fsp3) is 0.238. The van der Waals surface area contributed by atoms with Crippen molar-refractivity contribution >= 4 is 17.6 Å². The molecule has 2 aromatic rings. The number of non-ortho nitro benzene ring substituents is 1. The van der Waals surface area contributed by atoms with E-state index in [1.807, 2.05) is 31.2 Å². The Kier molecular flexibility index (Phi) is 5.54. The standard InChI is InChI=1S/C21H20N2O5/c1-13-6-8-15(9-7-13)12-28-21(25)20-14(2)22-19(24)11-18(20)16-4-3-5-17(10-16)23(26)27/h3-10,18H,11-12H2,1-2H3,(H,22,24)/t18-/m1/s1. The Balaban J connectivity index is 1.86. The third-order valence-corrected chi connectivity index (χ3v) is 4.66. The highest BCUT2D eigenvalue weighted by atomic mass is 16.6. The lowest BCUT2D eigenvalue weighted by atomic mass is 9.84. The molecule has 28 heavy (non-hydrogen) atoms. The minimum atomic E-state index is -0.598. The highest BCUT2D eigenvalue weighted by Gasteiger charge is 2.33. The summed E-state index contributed by atoms with van der Waals surface area (Å²) < 4.78 is 5.46. The molecule has 1 N–H and O–H groups in total. The maximum Gasteiger partial charge on any atom is 0.336 e. The van der Waals surface area contributed by atoms with Gasteiger partial charge >= 0.3 is 5.97 Å². The number of carbonyl (C=O) groups excluding carboxylic acids is 2. The topological polar surface area (TPSA) is 98.5 Å². The Morgan fingerprint density at radius 2 is 1.93 bits per heavy atom. The van der Waals surface area contributed by atoms with Gasteiger partial charge in [-0.15, -0.1) is 0 Å². The van der Waals surface area contributed by atoms with Crippen LogP contribution in [0.25, 0.3) is 0 Å². The highest BCUT2D eigenvalue weighted by Crippen LogP contribution is 2.35. The van der Waals surface area contributed by atoms with Gasteiger partial charge in [0, 0.05) is 30.2 Å². The molecule has 3 rings (SSSR count). The Hall–Kier alpha value is -3.48. The molecule has 0 spiro atoms. The van der Waals surface area contributed by atoms with Crippen molar-refractivity contribution in [1.29, 1.82) is 0 Å². The summed E-state index contributed by atoms with van der Waals surface area (Å²) in [6.07, 6.45) is 0.0213. The number of nitrogens with one attached hydrogen (secondary N) is 1. The smallest absolute Gasteiger partial charge is 0.336 e. The van der Waals surface area contributed by atoms with Gasteiger partial charge in [-0.2, -0.15) is 0 Å². The van der Waals surface area contributed by atoms with E-state index in [0.717, 1.165) is 11.1 Å². The fourth-order valence-corrected chi connectivity index (χ4v) is 3.22. The van der Waals surface area contributed by atoms with Crippen LogP contribution in [0.1, 0.15) is 36.0 Å². The summed E-state index contributed by atoms with van der Waals surface area (Å²) in [6, 6.07) is 13.6. The summed E-state index contributed by atoms with van der Waals surface area (Å²) in [4.78, 5) is 35.4. The number of nitro benzene ring substituents is 1. The number of amides is 1. The van der Waals surface area contributed by atoms with Gasteiger partial charge in [0.2, 0.25) is 5.91 Å². The molecule has 7 heteroatoms. The molecule has 0 radical (unpaired) electrons. The third-order valence-electron chi connectivity index (χ3n) is 4.66. The van der Waals surface area contributed by atoms with Gasteiger partial charge in [-0.05, 0) is 25.0 Å². The molecule has 0 aromatic heterocycles. The van der Waals surface area contributed by atoms with Crippen LogP contribution in [-0.2, 0) is 20.9 Å². The molecule has 1 aliphatic rings. The number of nitrogens with zero attached hydrogens (tertiary/aromatic N) is 1. The van der Waals surface area contributed by atoms with E-state index in [4.69, 9.17) is 4.74 Å². The second-order valence-corrected chi connectivity index (χ2v) is 6.76. The highest BCUT2D eigenvalue weighted by molar-refractivity contribution is 5.95. The second-order valence-electron chi connectivity index (χ2n) is 6.76. The number of hydrogen-bond donors (Lipinski definition) is 1. The lowest BCUT2D eigenvalue weighted by Crippen LogP contribution is -2.34. The fourth-order valence-electron chi connectivity index (χ4n) is 3.22. The second kappa shape index (κ2) is 8.04. The van der Waals surface area contributed by atoms with E-state index < -0.39 is 16.8 Å². The molecule has 7 nitrogen and oxygen atoms in total. The van der Waals surface area contributed by atoms with Crippen LogP contribution in [0.4, 0.5) is 5.69 Å². The Morgan fingerprint density at radius 3 is 2.61 bits per heavy atom. The monoisotopic (exact) mass is 380 g/mol. The Morgan fingerprint density at radius 1 is 1.21 bits per heavy atom. The molecule has 0 bridgehead atoms. The third kappa shape index (κ3) is 4.25. The first-order valence-corrected chi connectivity index (χ1v) is 8.83. The van der Waals surface area contributed by atoms with Crippen LogP contribution in [0.2, 0.25) is 0 Å². The Bertz CT molecular complexity index is 963. The molecule has 0 aliphatic carbocycles. The molecule has 0 unspecified atom stereocenters. The van der Waals surface area contributed by atoms with E-state index in [0.29, 0.717) is 16.8 Å². The quantitative estimate of drug-likeness (QED) is 0.486. The number of benzene rings is 2. The van der Waals surface area contributed by atoms with Crippen molar-refractivity contribution in [2.24, 2.45) is 0 Å². The SMILES string of the molecule is CC1=C(C(=O)OCc2ccc(C)cc2)[C@@H](c2cccc([N+](=O)[O-])c2)CC(=O)N1. The zero-order chi connectivity index (χ0) is 20.3. The van der Waals surface area contributed by atoms with Gasteiger partial charge in [-0.25, -0.2) is 4.79 Å². The lowest BCUT2D eigenvalue weighted by molar-refractivity contribution is -0.384. The van der Waals surface area contributed by atoms with Gasteiger partial charge < -0.3 is 10.1 Å². The molecular weight excluding hydrogens is 360 g/mol. The van der Waals surface area contributed by atoms with Crippen molar-refractivity contribution in [3.63, 3.8) is 0 Å². The van der Waals surface area contributed by atoms with Crippen LogP contribution in [0.15, 0.2) is 59.8 Å². The van der Waals surface area contributed by atoms with Crippen molar-refractivity contribution in [3.05, 3.63) is 86.6 Å². The van der Waals surface area contributed by atoms with Gasteiger partial charge in [0.25, 0.3) is 5.69 Å². The number of rotatable bonds is 5. The van der Waals surface area contributed by atoms with Crippen molar-refractivity contribution in [1.82, 2.24) is 5.32 Å². The molecule has 0 fully saturated rings. The maximum atomic E-state index is 12.8. The number of aryl methyl sites for hydroxylation is 1. The predicted octanol–water partition coefficient (Wildman–Crippen LogP) is 3.52. The summed E-state index contributed by atoms with van der Waals surface area (Å²) >= 11 is 0. The average molecular weight is 380 g/mol. The molecule has 0 saturated heterocycles. The summed E-state index contributed by atoms with van der Waals surface area (Å²) in [5.41, 5.74) is 3.12. The largest absolute Gasteiger partial charge is 0.457 e. The normalized spacial score (nSPS) is 16.5. The van der Waals surface area contributed by atoms with Crippen LogP contribution >= 0.6 is 0 Å². The summed E-state index contributed by atoms with van der Waals surface area (Å²) in [7, 11) is 0. The number of nitro groups is 1. The number of esters is 1. The van der Waals surface area contributed by atoms with Crippen molar-refractivity contribution in [2.75, 3.05) is 0 Å². The van der Waals surface area contributed by atoms with E-state index in [1.165, 1.54) is 12.1 Å². The summed E-state index contributed by atoms with van der Waals surface area (Å²) in [5, 5.41) is 13.7. The van der Waals surface area contributed by atoms with E-state index in [1.54, 1.807) is 19.1 Å². The van der Waals surface area contributed by atoms with Gasteiger partial charge in [0.15, 0.2) is 0 Å². The average Bonchev–Trinajstić information content (AvgIpc) is 2.66. The van der Waals surface area contributed by atoms with Crippen molar-refractivity contribution in [2.45, 2.75) is 32.8 Å². The Labute approximate surface area is 162 Å². The molecule has 1 aliphatic heterocycles. The maximum absolute atomic E-state index is 12.8. The van der Waals surface area contributed by atoms with Gasteiger partial charge in [0.1, 0.15) is 6.61 Å². The molecule has 1 amide bonds. The number of hydrogen-bond acceptors (Lipinski definition) is 5. The minimum Gasteiger partial charge on any atom is -0.457 e. The van der Waals surface area contributed by atoms with Crippen LogP contribution in [0, 0.1) is 17.0 Å². The molecular formula is C21H20N2O5. The number of carbonyl (C=O) groups is 2. The minimum absolute atomic E-state index is 0.0213. The van der Waals surface area contributed by atoms with Crippen LogP contribution < -0.4 is 5.32 Å². The first-order chi connectivity index (χ1) is 13.3. The van der Waals surface area contributed by atoms with Gasteiger partial charge in [0.05, 0.1) is 10.5 Å².